The Morgan fingerprint density at radius 2 is 2.14 bits per heavy atom. The van der Waals surface area contributed by atoms with Crippen molar-refractivity contribution < 1.29 is 4.74 Å². The highest BCUT2D eigenvalue weighted by atomic mass is 32.1. The van der Waals surface area contributed by atoms with Gasteiger partial charge in [0.15, 0.2) is 5.11 Å². The summed E-state index contributed by atoms with van der Waals surface area (Å²) in [6.07, 6.45) is 2.62. The predicted molar refractivity (Wildman–Crippen MR) is 89.9 cm³/mol. The van der Waals surface area contributed by atoms with Crippen LogP contribution in [-0.4, -0.2) is 23.8 Å². The van der Waals surface area contributed by atoms with E-state index in [9.17, 15) is 0 Å². The lowest BCUT2D eigenvalue weighted by Crippen LogP contribution is -2.30. The second-order valence-corrected chi connectivity index (χ2v) is 5.06. The molecule has 0 saturated heterocycles. The molecule has 0 aliphatic rings. The Kier molecular flexibility index (Phi) is 5.51. The average molecular weight is 301 g/mol. The van der Waals surface area contributed by atoms with Crippen molar-refractivity contribution in [3.05, 3.63) is 53.7 Å². The molecule has 0 aliphatic carbocycles. The molecule has 0 radical (unpaired) electrons. The number of rotatable bonds is 5. The van der Waals surface area contributed by atoms with E-state index in [0.29, 0.717) is 5.11 Å². The van der Waals surface area contributed by atoms with E-state index in [1.54, 1.807) is 13.3 Å². The number of anilines is 1. The molecule has 0 bridgehead atoms. The first-order valence-electron chi connectivity index (χ1n) is 6.78. The summed E-state index contributed by atoms with van der Waals surface area (Å²) in [6.45, 7) is 2.75. The third-order valence-corrected chi connectivity index (χ3v) is 3.32. The van der Waals surface area contributed by atoms with Crippen LogP contribution < -0.4 is 15.4 Å². The van der Waals surface area contributed by atoms with Gasteiger partial charge < -0.3 is 15.4 Å². The third-order valence-electron chi connectivity index (χ3n) is 3.07. The van der Waals surface area contributed by atoms with E-state index in [4.69, 9.17) is 17.0 Å². The van der Waals surface area contributed by atoms with Gasteiger partial charge in [-0.15, -0.1) is 0 Å². The molecule has 0 atom stereocenters. The smallest absolute Gasteiger partial charge is 0.171 e. The first-order chi connectivity index (χ1) is 10.2. The maximum atomic E-state index is 5.27. The molecule has 2 N–H and O–H groups in total. The van der Waals surface area contributed by atoms with Crippen molar-refractivity contribution in [3.63, 3.8) is 0 Å². The second kappa shape index (κ2) is 7.59. The first kappa shape index (κ1) is 15.3. The summed E-state index contributed by atoms with van der Waals surface area (Å²) >= 11 is 5.27. The van der Waals surface area contributed by atoms with Crippen LogP contribution in [0.4, 0.5) is 5.82 Å². The minimum Gasteiger partial charge on any atom is -0.497 e. The normalized spacial score (nSPS) is 10.0. The molecule has 1 heterocycles. The van der Waals surface area contributed by atoms with Gasteiger partial charge in [-0.2, -0.15) is 0 Å². The van der Waals surface area contributed by atoms with Gasteiger partial charge >= 0.3 is 0 Å². The van der Waals surface area contributed by atoms with Gasteiger partial charge in [-0.25, -0.2) is 4.98 Å². The van der Waals surface area contributed by atoms with Crippen molar-refractivity contribution in [2.24, 2.45) is 0 Å². The van der Waals surface area contributed by atoms with Crippen molar-refractivity contribution in [1.82, 2.24) is 10.3 Å². The zero-order chi connectivity index (χ0) is 15.1. The number of nitrogens with zero attached hydrogens (tertiary/aromatic N) is 1. The molecule has 0 aliphatic heterocycles. The summed E-state index contributed by atoms with van der Waals surface area (Å²) in [5.41, 5.74) is 2.27. The van der Waals surface area contributed by atoms with Gasteiger partial charge in [-0.05, 0) is 54.9 Å². The molecule has 0 unspecified atom stereocenters. The Bertz CT molecular complexity index is 616. The molecule has 110 valence electrons. The van der Waals surface area contributed by atoms with Crippen LogP contribution >= 0.6 is 12.2 Å². The zero-order valence-electron chi connectivity index (χ0n) is 12.2. The number of hydrogen-bond donors (Lipinski definition) is 2. The fourth-order valence-electron chi connectivity index (χ4n) is 1.92. The van der Waals surface area contributed by atoms with Crippen LogP contribution in [0.2, 0.25) is 0 Å². The van der Waals surface area contributed by atoms with Crippen molar-refractivity contribution >= 4 is 23.1 Å². The van der Waals surface area contributed by atoms with Crippen LogP contribution in [-0.2, 0) is 6.42 Å². The van der Waals surface area contributed by atoms with Crippen LogP contribution in [0.15, 0.2) is 42.6 Å². The fraction of sp³-hybridized carbons (Fsp3) is 0.250. The van der Waals surface area contributed by atoms with Crippen LogP contribution in [0.3, 0.4) is 0 Å². The standard InChI is InChI=1S/C16H19N3OS/c1-12-5-4-9-17-15(12)19-16(21)18-10-8-13-6-3-7-14(11-13)20-2/h3-7,9,11H,8,10H2,1-2H3,(H2,17,18,19,21). The van der Waals surface area contributed by atoms with Gasteiger partial charge in [0.05, 0.1) is 7.11 Å². The lowest BCUT2D eigenvalue weighted by Gasteiger charge is -2.11. The molecule has 1 aromatic heterocycles. The molecule has 0 spiro atoms. The number of aryl methyl sites for hydroxylation is 1. The lowest BCUT2D eigenvalue weighted by molar-refractivity contribution is 0.414. The molecule has 5 heteroatoms. The summed E-state index contributed by atoms with van der Waals surface area (Å²) in [5, 5.41) is 6.87. The zero-order valence-corrected chi connectivity index (χ0v) is 13.0. The Balaban J connectivity index is 1.80. The Morgan fingerprint density at radius 3 is 2.90 bits per heavy atom. The van der Waals surface area contributed by atoms with Gasteiger partial charge in [0.1, 0.15) is 11.6 Å². The molecule has 21 heavy (non-hydrogen) atoms. The summed E-state index contributed by atoms with van der Waals surface area (Å²) in [5.74, 6) is 1.66. The minimum absolute atomic E-state index is 0.583. The number of hydrogen-bond acceptors (Lipinski definition) is 3. The third kappa shape index (κ3) is 4.72. The summed E-state index contributed by atoms with van der Waals surface area (Å²) < 4.78 is 5.21. The summed E-state index contributed by atoms with van der Waals surface area (Å²) in [7, 11) is 1.67. The van der Waals surface area contributed by atoms with Gasteiger partial charge in [-0.3, -0.25) is 0 Å². The number of nitrogens with one attached hydrogen (secondary N) is 2. The Morgan fingerprint density at radius 1 is 1.29 bits per heavy atom. The number of ether oxygens (including phenoxy) is 1. The first-order valence-corrected chi connectivity index (χ1v) is 7.19. The number of benzene rings is 1. The molecule has 0 fully saturated rings. The van der Waals surface area contributed by atoms with Gasteiger partial charge in [0.2, 0.25) is 0 Å². The number of pyridine rings is 1. The highest BCUT2D eigenvalue weighted by Gasteiger charge is 2.02. The molecule has 1 aromatic carbocycles. The molecule has 2 aromatic rings. The molecule has 0 saturated carbocycles. The summed E-state index contributed by atoms with van der Waals surface area (Å²) in [4.78, 5) is 4.25. The van der Waals surface area contributed by atoms with E-state index in [1.807, 2.05) is 37.3 Å². The van der Waals surface area contributed by atoms with Crippen molar-refractivity contribution in [1.29, 1.82) is 0 Å². The quantitative estimate of drug-likeness (QED) is 0.832. The SMILES string of the molecule is COc1cccc(CCNC(=S)Nc2ncccc2C)c1. The van der Waals surface area contributed by atoms with E-state index in [-0.39, 0.29) is 0 Å². The highest BCUT2D eigenvalue weighted by Crippen LogP contribution is 2.12. The second-order valence-electron chi connectivity index (χ2n) is 4.65. The van der Waals surface area contributed by atoms with E-state index in [1.165, 1.54) is 5.56 Å². The Hall–Kier alpha value is -2.14. The van der Waals surface area contributed by atoms with E-state index in [2.05, 4.69) is 21.7 Å². The monoisotopic (exact) mass is 301 g/mol. The van der Waals surface area contributed by atoms with Crippen LogP contribution in [0.1, 0.15) is 11.1 Å². The maximum absolute atomic E-state index is 5.27. The Labute approximate surface area is 130 Å². The molecule has 0 amide bonds. The van der Waals surface area contributed by atoms with E-state index >= 15 is 0 Å². The lowest BCUT2D eigenvalue weighted by atomic mass is 10.1. The average Bonchev–Trinajstić information content (AvgIpc) is 2.50. The summed E-state index contributed by atoms with van der Waals surface area (Å²) in [6, 6.07) is 11.9. The molecule has 4 nitrogen and oxygen atoms in total. The molecular weight excluding hydrogens is 282 g/mol. The van der Waals surface area contributed by atoms with Crippen molar-refractivity contribution in [2.45, 2.75) is 13.3 Å². The van der Waals surface area contributed by atoms with Gasteiger partial charge in [0.25, 0.3) is 0 Å². The van der Waals surface area contributed by atoms with E-state index in [0.717, 1.165) is 30.1 Å². The molecule has 2 rings (SSSR count). The topological polar surface area (TPSA) is 46.2 Å². The highest BCUT2D eigenvalue weighted by molar-refractivity contribution is 7.80. The van der Waals surface area contributed by atoms with Crippen molar-refractivity contribution in [2.75, 3.05) is 19.0 Å². The van der Waals surface area contributed by atoms with Crippen molar-refractivity contribution in [3.8, 4) is 5.75 Å². The van der Waals surface area contributed by atoms with Crippen LogP contribution in [0, 0.1) is 6.92 Å². The number of thiocarbonyl (C=S) groups is 1. The number of methoxy groups -OCH3 is 1. The fourth-order valence-corrected chi connectivity index (χ4v) is 2.12. The van der Waals surface area contributed by atoms with Gasteiger partial charge in [-0.1, -0.05) is 18.2 Å². The minimum atomic E-state index is 0.583. The maximum Gasteiger partial charge on any atom is 0.171 e. The van der Waals surface area contributed by atoms with Gasteiger partial charge in [0, 0.05) is 12.7 Å². The largest absolute Gasteiger partial charge is 0.497 e. The van der Waals surface area contributed by atoms with Crippen LogP contribution in [0.5, 0.6) is 5.75 Å². The van der Waals surface area contributed by atoms with E-state index < -0.39 is 0 Å². The number of aromatic nitrogens is 1. The molecular formula is C16H19N3OS. The van der Waals surface area contributed by atoms with Crippen LogP contribution in [0.25, 0.3) is 0 Å². The predicted octanol–water partition coefficient (Wildman–Crippen LogP) is 2.93.